The molecule has 14 heavy (non-hydrogen) atoms. The van der Waals surface area contributed by atoms with E-state index in [4.69, 9.17) is 5.84 Å². The first kappa shape index (κ1) is 10.4. The number of carbonyl (C=O) groups is 1. The van der Waals surface area contributed by atoms with E-state index in [0.717, 1.165) is 6.42 Å². The Bertz CT molecular complexity index is 297. The van der Waals surface area contributed by atoms with E-state index in [2.05, 4.69) is 20.7 Å². The minimum absolute atomic E-state index is 0.171. The summed E-state index contributed by atoms with van der Waals surface area (Å²) in [6.07, 6.45) is 3.75. The van der Waals surface area contributed by atoms with E-state index in [-0.39, 0.29) is 11.9 Å². The highest BCUT2D eigenvalue weighted by atomic mass is 16.1. The molecule has 6 heteroatoms. The van der Waals surface area contributed by atoms with E-state index in [1.54, 1.807) is 0 Å². The number of nitrogen functional groups attached to an aromatic ring is 1. The van der Waals surface area contributed by atoms with Gasteiger partial charge < -0.3 is 5.32 Å². The van der Waals surface area contributed by atoms with Gasteiger partial charge in [-0.2, -0.15) is 0 Å². The second-order valence-corrected chi connectivity index (χ2v) is 2.70. The third kappa shape index (κ3) is 2.67. The Kier molecular flexibility index (Phi) is 3.81. The summed E-state index contributed by atoms with van der Waals surface area (Å²) in [7, 11) is 0. The number of carbonyl (C=O) groups excluding carboxylic acids is 1. The quantitative estimate of drug-likeness (QED) is 0.461. The van der Waals surface area contributed by atoms with Gasteiger partial charge in [-0.05, 0) is 6.42 Å². The highest BCUT2D eigenvalue weighted by Crippen LogP contribution is 1.98. The van der Waals surface area contributed by atoms with Crippen LogP contribution in [0.15, 0.2) is 12.4 Å². The lowest BCUT2D eigenvalue weighted by Gasteiger charge is -2.02. The van der Waals surface area contributed by atoms with Crippen molar-refractivity contribution in [3.05, 3.63) is 18.0 Å². The minimum Gasteiger partial charge on any atom is -0.352 e. The highest BCUT2D eigenvalue weighted by molar-refractivity contribution is 5.93. The van der Waals surface area contributed by atoms with Gasteiger partial charge in [-0.15, -0.1) is 0 Å². The largest absolute Gasteiger partial charge is 0.352 e. The monoisotopic (exact) mass is 195 g/mol. The molecule has 0 bridgehead atoms. The van der Waals surface area contributed by atoms with Gasteiger partial charge in [0.1, 0.15) is 0 Å². The van der Waals surface area contributed by atoms with Crippen LogP contribution in [0.25, 0.3) is 0 Å². The van der Waals surface area contributed by atoms with Crippen molar-refractivity contribution in [3.63, 3.8) is 0 Å². The van der Waals surface area contributed by atoms with Crippen LogP contribution in [0.5, 0.6) is 0 Å². The third-order valence-corrected chi connectivity index (χ3v) is 1.58. The fraction of sp³-hybridized carbons (Fsp3) is 0.375. The lowest BCUT2D eigenvalue weighted by molar-refractivity contribution is 0.0953. The average Bonchev–Trinajstić information content (AvgIpc) is 2.26. The van der Waals surface area contributed by atoms with Crippen molar-refractivity contribution in [1.29, 1.82) is 0 Å². The van der Waals surface area contributed by atoms with Gasteiger partial charge in [-0.1, -0.05) is 6.92 Å². The molecule has 1 aromatic rings. The van der Waals surface area contributed by atoms with Crippen molar-refractivity contribution in [2.24, 2.45) is 5.84 Å². The molecule has 0 aliphatic heterocycles. The maximum atomic E-state index is 11.4. The maximum absolute atomic E-state index is 11.4. The normalized spacial score (nSPS) is 9.57. The molecule has 4 N–H and O–H groups in total. The standard InChI is InChI=1S/C8H13N5O/c1-2-3-10-7(14)6-4-11-8(13-9)12-5-6/h4-5H,2-3,9H2,1H3,(H,10,14)(H,11,12,13). The molecule has 1 amide bonds. The molecule has 76 valence electrons. The number of nitrogens with two attached hydrogens (primary N) is 1. The first-order chi connectivity index (χ1) is 6.77. The predicted octanol–water partition coefficient (Wildman–Crippen LogP) is -0.0980. The number of nitrogens with one attached hydrogen (secondary N) is 2. The van der Waals surface area contributed by atoms with Crippen molar-refractivity contribution in [1.82, 2.24) is 15.3 Å². The Hall–Kier alpha value is -1.69. The third-order valence-electron chi connectivity index (χ3n) is 1.58. The molecule has 0 radical (unpaired) electrons. The van der Waals surface area contributed by atoms with Crippen LogP contribution < -0.4 is 16.6 Å². The molecule has 0 fully saturated rings. The van der Waals surface area contributed by atoms with Crippen molar-refractivity contribution < 1.29 is 4.79 Å². The molecule has 0 saturated carbocycles. The summed E-state index contributed by atoms with van der Waals surface area (Å²) in [6, 6.07) is 0. The summed E-state index contributed by atoms with van der Waals surface area (Å²) in [4.78, 5) is 19.0. The number of rotatable bonds is 4. The predicted molar refractivity (Wildman–Crippen MR) is 52.5 cm³/mol. The Balaban J connectivity index is 2.62. The van der Waals surface area contributed by atoms with E-state index in [9.17, 15) is 4.79 Å². The van der Waals surface area contributed by atoms with Gasteiger partial charge in [0.05, 0.1) is 5.56 Å². The van der Waals surface area contributed by atoms with Crippen LogP contribution in [-0.2, 0) is 0 Å². The molecule has 0 atom stereocenters. The maximum Gasteiger partial charge on any atom is 0.254 e. The van der Waals surface area contributed by atoms with Crippen LogP contribution >= 0.6 is 0 Å². The highest BCUT2D eigenvalue weighted by Gasteiger charge is 2.04. The van der Waals surface area contributed by atoms with Gasteiger partial charge in [0, 0.05) is 18.9 Å². The second kappa shape index (κ2) is 5.13. The van der Waals surface area contributed by atoms with E-state index >= 15 is 0 Å². The number of hydrogen-bond acceptors (Lipinski definition) is 5. The van der Waals surface area contributed by atoms with E-state index < -0.39 is 0 Å². The number of aromatic nitrogens is 2. The summed E-state index contributed by atoms with van der Waals surface area (Å²) in [5, 5.41) is 2.72. The van der Waals surface area contributed by atoms with Gasteiger partial charge in [0.25, 0.3) is 5.91 Å². The Morgan fingerprint density at radius 3 is 2.64 bits per heavy atom. The molecule has 0 saturated heterocycles. The Morgan fingerprint density at radius 1 is 1.50 bits per heavy atom. The molecular weight excluding hydrogens is 182 g/mol. The first-order valence-corrected chi connectivity index (χ1v) is 4.34. The number of hydrazine groups is 1. The molecule has 0 aromatic carbocycles. The van der Waals surface area contributed by atoms with Crippen molar-refractivity contribution in [2.75, 3.05) is 12.0 Å². The summed E-state index contributed by atoms with van der Waals surface area (Å²) in [6.45, 7) is 2.63. The van der Waals surface area contributed by atoms with Crippen LogP contribution in [-0.4, -0.2) is 22.4 Å². The lowest BCUT2D eigenvalue weighted by Crippen LogP contribution is -2.24. The molecule has 0 aliphatic rings. The molecule has 1 heterocycles. The summed E-state index contributed by atoms with van der Waals surface area (Å²) >= 11 is 0. The Morgan fingerprint density at radius 2 is 2.14 bits per heavy atom. The molecule has 1 rings (SSSR count). The van der Waals surface area contributed by atoms with E-state index in [1.165, 1.54) is 12.4 Å². The zero-order chi connectivity index (χ0) is 10.4. The summed E-state index contributed by atoms with van der Waals surface area (Å²) < 4.78 is 0. The van der Waals surface area contributed by atoms with Crippen LogP contribution in [0.4, 0.5) is 5.95 Å². The molecular formula is C8H13N5O. The van der Waals surface area contributed by atoms with Gasteiger partial charge >= 0.3 is 0 Å². The summed E-state index contributed by atoms with van der Waals surface area (Å²) in [5.74, 6) is 5.20. The van der Waals surface area contributed by atoms with Gasteiger partial charge in [-0.3, -0.25) is 10.2 Å². The van der Waals surface area contributed by atoms with Crippen LogP contribution in [0, 0.1) is 0 Å². The average molecular weight is 195 g/mol. The number of anilines is 1. The molecule has 6 nitrogen and oxygen atoms in total. The van der Waals surface area contributed by atoms with Crippen LogP contribution in [0.1, 0.15) is 23.7 Å². The van der Waals surface area contributed by atoms with Crippen molar-refractivity contribution in [3.8, 4) is 0 Å². The van der Waals surface area contributed by atoms with Gasteiger partial charge in [-0.25, -0.2) is 15.8 Å². The minimum atomic E-state index is -0.171. The van der Waals surface area contributed by atoms with E-state index in [0.29, 0.717) is 12.1 Å². The van der Waals surface area contributed by atoms with Gasteiger partial charge in [0.15, 0.2) is 0 Å². The fourth-order valence-electron chi connectivity index (χ4n) is 0.860. The lowest BCUT2D eigenvalue weighted by atomic mass is 10.3. The first-order valence-electron chi connectivity index (χ1n) is 4.34. The van der Waals surface area contributed by atoms with E-state index in [1.807, 2.05) is 6.92 Å². The smallest absolute Gasteiger partial charge is 0.254 e. The number of nitrogens with zero attached hydrogens (tertiary/aromatic N) is 2. The van der Waals surface area contributed by atoms with Crippen LogP contribution in [0.2, 0.25) is 0 Å². The molecule has 0 aliphatic carbocycles. The molecule has 0 spiro atoms. The summed E-state index contributed by atoms with van der Waals surface area (Å²) in [5.41, 5.74) is 2.71. The number of amides is 1. The van der Waals surface area contributed by atoms with Crippen molar-refractivity contribution in [2.45, 2.75) is 13.3 Å². The second-order valence-electron chi connectivity index (χ2n) is 2.70. The zero-order valence-electron chi connectivity index (χ0n) is 7.95. The zero-order valence-corrected chi connectivity index (χ0v) is 7.95. The fourth-order valence-corrected chi connectivity index (χ4v) is 0.860. The molecule has 1 aromatic heterocycles. The van der Waals surface area contributed by atoms with Crippen molar-refractivity contribution >= 4 is 11.9 Å². The number of hydrogen-bond donors (Lipinski definition) is 3. The van der Waals surface area contributed by atoms with Crippen LogP contribution in [0.3, 0.4) is 0 Å². The molecule has 0 unspecified atom stereocenters. The SMILES string of the molecule is CCCNC(=O)c1cnc(NN)nc1. The topological polar surface area (TPSA) is 92.9 Å². The van der Waals surface area contributed by atoms with Gasteiger partial charge in [0.2, 0.25) is 5.95 Å². The Labute approximate surface area is 81.9 Å².